The van der Waals surface area contributed by atoms with Gasteiger partial charge in [-0.25, -0.2) is 4.79 Å². The van der Waals surface area contributed by atoms with E-state index in [2.05, 4.69) is 16.4 Å². The van der Waals surface area contributed by atoms with Crippen LogP contribution in [0, 0.1) is 17.2 Å². The minimum absolute atomic E-state index is 0.228. The van der Waals surface area contributed by atoms with Gasteiger partial charge in [-0.3, -0.25) is 0 Å². The fourth-order valence-electron chi connectivity index (χ4n) is 2.50. The van der Waals surface area contributed by atoms with Crippen LogP contribution in [-0.4, -0.2) is 22.8 Å². The zero-order chi connectivity index (χ0) is 15.5. The number of nitriles is 1. The molecule has 1 saturated carbocycles. The third-order valence-electron chi connectivity index (χ3n) is 3.49. The van der Waals surface area contributed by atoms with Crippen molar-refractivity contribution >= 4 is 5.97 Å². The third-order valence-corrected chi connectivity index (χ3v) is 3.49. The first-order chi connectivity index (χ1) is 9.90. The Kier molecular flexibility index (Phi) is 4.53. The summed E-state index contributed by atoms with van der Waals surface area (Å²) in [6.45, 7) is 0.626. The number of hydrogen-bond acceptors (Lipinski definition) is 4. The maximum absolute atomic E-state index is 12.0. The van der Waals surface area contributed by atoms with Crippen molar-refractivity contribution in [1.29, 1.82) is 5.26 Å². The summed E-state index contributed by atoms with van der Waals surface area (Å²) in [5, 5.41) is 8.91. The molecule has 0 spiro atoms. The normalized spacial score (nSPS) is 22.0. The van der Waals surface area contributed by atoms with E-state index in [4.69, 9.17) is 5.26 Å². The van der Waals surface area contributed by atoms with Gasteiger partial charge in [-0.1, -0.05) is 0 Å². The molecule has 2 rings (SSSR count). The molecule has 1 aromatic rings. The predicted octanol–water partition coefficient (Wildman–Crippen LogP) is 2.14. The van der Waals surface area contributed by atoms with Gasteiger partial charge in [-0.15, -0.1) is 5.48 Å². The van der Waals surface area contributed by atoms with Gasteiger partial charge in [0.25, 0.3) is 0 Å². The van der Waals surface area contributed by atoms with Gasteiger partial charge < -0.3 is 9.40 Å². The summed E-state index contributed by atoms with van der Waals surface area (Å²) in [4.78, 5) is 14.6. The largest absolute Gasteiger partial charge is 0.492 e. The second kappa shape index (κ2) is 6.18. The fraction of sp³-hybridized carbons (Fsp3) is 0.538. The van der Waals surface area contributed by atoms with E-state index in [1.807, 2.05) is 4.57 Å². The van der Waals surface area contributed by atoms with Gasteiger partial charge in [0.1, 0.15) is 11.8 Å². The van der Waals surface area contributed by atoms with Crippen LogP contribution in [0.4, 0.5) is 13.2 Å². The van der Waals surface area contributed by atoms with Gasteiger partial charge in [0.05, 0.1) is 0 Å². The van der Waals surface area contributed by atoms with Crippen molar-refractivity contribution in [3.63, 3.8) is 0 Å². The van der Waals surface area contributed by atoms with Gasteiger partial charge in [0.15, 0.2) is 0 Å². The molecular formula is C13H14F3N3O2. The highest BCUT2D eigenvalue weighted by Crippen LogP contribution is 2.28. The lowest BCUT2D eigenvalue weighted by molar-refractivity contribution is -0.208. The molecule has 114 valence electrons. The van der Waals surface area contributed by atoms with Crippen LogP contribution in [0.5, 0.6) is 0 Å². The molecule has 0 bridgehead atoms. The van der Waals surface area contributed by atoms with E-state index < -0.39 is 12.1 Å². The number of nitrogens with one attached hydrogen (secondary N) is 1. The minimum atomic E-state index is -4.99. The monoisotopic (exact) mass is 301 g/mol. The van der Waals surface area contributed by atoms with Crippen molar-refractivity contribution in [2.45, 2.75) is 38.0 Å². The van der Waals surface area contributed by atoms with Gasteiger partial charge in [-0.05, 0) is 37.3 Å². The molecule has 21 heavy (non-hydrogen) atoms. The van der Waals surface area contributed by atoms with Crippen LogP contribution < -0.4 is 5.48 Å². The van der Waals surface area contributed by atoms with E-state index in [1.165, 1.54) is 0 Å². The van der Waals surface area contributed by atoms with Crippen LogP contribution in [-0.2, 0) is 16.2 Å². The lowest BCUT2D eigenvalue weighted by atomic mass is 10.1. The number of carbonyl (C=O) groups is 1. The molecule has 1 aliphatic carbocycles. The Morgan fingerprint density at radius 1 is 1.52 bits per heavy atom. The molecule has 1 aromatic heterocycles. The summed E-state index contributed by atoms with van der Waals surface area (Å²) in [6.07, 6.45) is -1.18. The quantitative estimate of drug-likeness (QED) is 0.865. The molecule has 5 nitrogen and oxygen atoms in total. The van der Waals surface area contributed by atoms with Crippen LogP contribution in [0.3, 0.4) is 0 Å². The minimum Gasteiger partial charge on any atom is -0.363 e. The molecular weight excluding hydrogens is 287 g/mol. The second-order valence-corrected chi connectivity index (χ2v) is 5.04. The average molecular weight is 301 g/mol. The predicted molar refractivity (Wildman–Crippen MR) is 65.6 cm³/mol. The van der Waals surface area contributed by atoms with Crippen molar-refractivity contribution in [2.75, 3.05) is 0 Å². The highest BCUT2D eigenvalue weighted by Gasteiger charge is 2.42. The van der Waals surface area contributed by atoms with Crippen molar-refractivity contribution in [3.8, 4) is 6.07 Å². The van der Waals surface area contributed by atoms with Gasteiger partial charge in [-0.2, -0.15) is 18.4 Å². The number of alkyl halides is 3. The van der Waals surface area contributed by atoms with E-state index in [-0.39, 0.29) is 12.0 Å². The summed E-state index contributed by atoms with van der Waals surface area (Å²) in [6, 6.07) is 5.26. The Labute approximate surface area is 119 Å². The fourth-order valence-corrected chi connectivity index (χ4v) is 2.50. The number of hydroxylamine groups is 1. The summed E-state index contributed by atoms with van der Waals surface area (Å²) in [5.41, 5.74) is 2.73. The van der Waals surface area contributed by atoms with Gasteiger partial charge in [0.2, 0.25) is 0 Å². The third kappa shape index (κ3) is 3.98. The molecule has 1 fully saturated rings. The highest BCUT2D eigenvalue weighted by atomic mass is 19.4. The number of carbonyl (C=O) groups excluding carboxylic acids is 1. The molecule has 0 aromatic carbocycles. The molecule has 0 radical (unpaired) electrons. The average Bonchev–Trinajstić information content (AvgIpc) is 3.04. The van der Waals surface area contributed by atoms with E-state index in [0.29, 0.717) is 25.1 Å². The summed E-state index contributed by atoms with van der Waals surface area (Å²) < 4.78 is 37.8. The topological polar surface area (TPSA) is 67.1 Å². The maximum atomic E-state index is 12.0. The molecule has 0 amide bonds. The number of halogens is 3. The Bertz CT molecular complexity index is 548. The van der Waals surface area contributed by atoms with Crippen molar-refractivity contribution in [2.24, 2.45) is 5.92 Å². The second-order valence-electron chi connectivity index (χ2n) is 5.04. The molecule has 2 atom stereocenters. The van der Waals surface area contributed by atoms with Crippen molar-refractivity contribution in [1.82, 2.24) is 10.0 Å². The van der Waals surface area contributed by atoms with Crippen LogP contribution in [0.25, 0.3) is 0 Å². The smallest absolute Gasteiger partial charge is 0.363 e. The molecule has 1 aliphatic rings. The number of hydrogen-bond donors (Lipinski definition) is 1. The van der Waals surface area contributed by atoms with Crippen LogP contribution in [0.15, 0.2) is 18.3 Å². The summed E-state index contributed by atoms with van der Waals surface area (Å²) in [5.74, 6) is -2.00. The number of aromatic nitrogens is 1. The lowest BCUT2D eigenvalue weighted by Crippen LogP contribution is -2.36. The highest BCUT2D eigenvalue weighted by molar-refractivity contribution is 5.75. The Hall–Kier alpha value is -2.01. The lowest BCUT2D eigenvalue weighted by Gasteiger charge is -2.14. The Morgan fingerprint density at radius 3 is 2.95 bits per heavy atom. The standard InChI is InChI=1S/C13H14F3N3O2/c14-13(15,16)12(20)21-18-10-4-3-9(6-10)8-19-5-1-2-11(19)7-17/h1-2,5,9-10,18H,3-4,6,8H2/t9-,10-/m0/s1. The zero-order valence-electron chi connectivity index (χ0n) is 11.1. The van der Waals surface area contributed by atoms with Gasteiger partial charge in [0, 0.05) is 18.8 Å². The van der Waals surface area contributed by atoms with Crippen LogP contribution >= 0.6 is 0 Å². The molecule has 1 N–H and O–H groups in total. The first-order valence-corrected chi connectivity index (χ1v) is 6.49. The van der Waals surface area contributed by atoms with E-state index in [0.717, 1.165) is 6.42 Å². The van der Waals surface area contributed by atoms with Crippen molar-refractivity contribution < 1.29 is 22.8 Å². The van der Waals surface area contributed by atoms with Gasteiger partial charge >= 0.3 is 12.1 Å². The molecule has 1 heterocycles. The Balaban J connectivity index is 1.79. The molecule has 0 unspecified atom stereocenters. The maximum Gasteiger partial charge on any atom is 0.492 e. The Morgan fingerprint density at radius 2 is 2.29 bits per heavy atom. The van der Waals surface area contributed by atoms with E-state index in [9.17, 15) is 18.0 Å². The van der Waals surface area contributed by atoms with E-state index in [1.54, 1.807) is 18.3 Å². The van der Waals surface area contributed by atoms with Crippen LogP contribution in [0.1, 0.15) is 25.0 Å². The number of rotatable bonds is 4. The molecule has 8 heteroatoms. The zero-order valence-corrected chi connectivity index (χ0v) is 11.1. The summed E-state index contributed by atoms with van der Waals surface area (Å²) >= 11 is 0. The van der Waals surface area contributed by atoms with E-state index >= 15 is 0 Å². The number of nitrogens with zero attached hydrogens (tertiary/aromatic N) is 2. The van der Waals surface area contributed by atoms with Crippen LogP contribution in [0.2, 0.25) is 0 Å². The SMILES string of the molecule is N#Cc1cccn1C[C@H]1CC[C@H](NOC(=O)C(F)(F)F)C1. The molecule has 0 aliphatic heterocycles. The molecule has 0 saturated heterocycles. The first-order valence-electron chi connectivity index (χ1n) is 6.49. The van der Waals surface area contributed by atoms with Crippen molar-refractivity contribution in [3.05, 3.63) is 24.0 Å². The summed E-state index contributed by atoms with van der Waals surface area (Å²) in [7, 11) is 0. The first kappa shape index (κ1) is 15.4.